The van der Waals surface area contributed by atoms with E-state index < -0.39 is 0 Å². The Balaban J connectivity index is 2.00. The normalized spacial score (nSPS) is 36.5. The molecule has 0 heterocycles. The van der Waals surface area contributed by atoms with Crippen LogP contribution in [0.1, 0.15) is 53.4 Å². The Morgan fingerprint density at radius 1 is 1.08 bits per heavy atom. The predicted molar refractivity (Wildman–Crippen MR) is 57.6 cm³/mol. The van der Waals surface area contributed by atoms with Crippen LogP contribution in [0.5, 0.6) is 0 Å². The smallest absolute Gasteiger partial charge is 0.0243 e. The molecule has 2 aliphatic carbocycles. The molecule has 2 saturated carbocycles. The molecule has 2 aliphatic rings. The summed E-state index contributed by atoms with van der Waals surface area (Å²) in [5, 5.41) is 0. The third kappa shape index (κ3) is 1.33. The molecule has 2 rings (SSSR count). The molecule has 0 bridgehead atoms. The minimum absolute atomic E-state index is 0.787. The third-order valence-electron chi connectivity index (χ3n) is 4.87. The number of hydrogen-bond donors (Lipinski definition) is 0. The molecule has 0 aromatic heterocycles. The molecule has 0 aromatic carbocycles. The van der Waals surface area contributed by atoms with E-state index in [1.165, 1.54) is 25.7 Å². The van der Waals surface area contributed by atoms with Crippen LogP contribution in [0.3, 0.4) is 0 Å². The molecule has 0 amide bonds. The maximum absolute atomic E-state index is 2.44. The van der Waals surface area contributed by atoms with Gasteiger partial charge >= 0.3 is 0 Å². The topological polar surface area (TPSA) is 0 Å². The van der Waals surface area contributed by atoms with Crippen LogP contribution in [-0.4, -0.2) is 0 Å². The molecule has 13 heavy (non-hydrogen) atoms. The van der Waals surface area contributed by atoms with E-state index in [1.807, 2.05) is 0 Å². The minimum atomic E-state index is 0.787. The van der Waals surface area contributed by atoms with Gasteiger partial charge in [0.05, 0.1) is 0 Å². The molecule has 0 spiro atoms. The Hall–Kier alpha value is 0. The second-order valence-electron chi connectivity index (χ2n) is 5.99. The van der Waals surface area contributed by atoms with Gasteiger partial charge in [0.25, 0.3) is 0 Å². The van der Waals surface area contributed by atoms with Gasteiger partial charge in [0, 0.05) is 0 Å². The summed E-state index contributed by atoms with van der Waals surface area (Å²) in [6, 6.07) is 0. The van der Waals surface area contributed by atoms with Gasteiger partial charge in [-0.2, -0.15) is 0 Å². The van der Waals surface area contributed by atoms with Crippen molar-refractivity contribution >= 4 is 0 Å². The summed E-state index contributed by atoms with van der Waals surface area (Å²) in [6.45, 7) is 9.68. The van der Waals surface area contributed by atoms with Gasteiger partial charge in [-0.05, 0) is 48.3 Å². The molecule has 0 radical (unpaired) electrons. The molecule has 0 aromatic rings. The van der Waals surface area contributed by atoms with Crippen LogP contribution in [0, 0.1) is 29.1 Å². The molecular weight excluding hydrogens is 156 g/mol. The summed E-state index contributed by atoms with van der Waals surface area (Å²) >= 11 is 0. The highest BCUT2D eigenvalue weighted by molar-refractivity contribution is 5.06. The molecule has 0 heteroatoms. The molecule has 2 fully saturated rings. The quantitative estimate of drug-likeness (QED) is 0.613. The van der Waals surface area contributed by atoms with E-state index in [-0.39, 0.29) is 0 Å². The standard InChI is InChI=1S/C13H24/c1-9(2)11-8-12(11)13(10(3)4)6-5-7-13/h9-12H,5-8H2,1-4H3. The molecule has 0 aliphatic heterocycles. The van der Waals surface area contributed by atoms with Gasteiger partial charge in [0.15, 0.2) is 0 Å². The van der Waals surface area contributed by atoms with Crippen molar-refractivity contribution < 1.29 is 0 Å². The predicted octanol–water partition coefficient (Wildman–Crippen LogP) is 4.10. The Morgan fingerprint density at radius 3 is 1.92 bits per heavy atom. The van der Waals surface area contributed by atoms with Crippen LogP contribution in [0.25, 0.3) is 0 Å². The second kappa shape index (κ2) is 3.00. The largest absolute Gasteiger partial charge is 0.0625 e. The van der Waals surface area contributed by atoms with Gasteiger partial charge in [-0.3, -0.25) is 0 Å². The highest BCUT2D eigenvalue weighted by Crippen LogP contribution is 2.65. The summed E-state index contributed by atoms with van der Waals surface area (Å²) in [5.41, 5.74) is 0.787. The lowest BCUT2D eigenvalue weighted by molar-refractivity contribution is 0.0312. The fourth-order valence-electron chi connectivity index (χ4n) is 3.57. The van der Waals surface area contributed by atoms with Crippen molar-refractivity contribution in [3.63, 3.8) is 0 Å². The first kappa shape index (κ1) is 9.55. The van der Waals surface area contributed by atoms with Crippen LogP contribution in [0.4, 0.5) is 0 Å². The minimum Gasteiger partial charge on any atom is -0.0625 e. The van der Waals surface area contributed by atoms with Crippen molar-refractivity contribution in [1.82, 2.24) is 0 Å². The van der Waals surface area contributed by atoms with E-state index in [4.69, 9.17) is 0 Å². The van der Waals surface area contributed by atoms with Crippen LogP contribution < -0.4 is 0 Å². The molecular formula is C13H24. The summed E-state index contributed by atoms with van der Waals surface area (Å²) in [5.74, 6) is 4.03. The Labute approximate surface area is 83.1 Å². The van der Waals surface area contributed by atoms with Crippen molar-refractivity contribution in [1.29, 1.82) is 0 Å². The Bertz CT molecular complexity index is 186. The SMILES string of the molecule is CC(C)C1CC1C1(C(C)C)CCC1. The lowest BCUT2D eigenvalue weighted by atomic mass is 9.58. The Kier molecular flexibility index (Phi) is 2.20. The average molecular weight is 180 g/mol. The molecule has 0 saturated heterocycles. The van der Waals surface area contributed by atoms with Crippen molar-refractivity contribution in [2.24, 2.45) is 29.1 Å². The molecule has 76 valence electrons. The van der Waals surface area contributed by atoms with Gasteiger partial charge in [-0.1, -0.05) is 34.1 Å². The molecule has 0 N–H and O–H groups in total. The van der Waals surface area contributed by atoms with Crippen LogP contribution in [0.2, 0.25) is 0 Å². The van der Waals surface area contributed by atoms with Gasteiger partial charge in [0.1, 0.15) is 0 Å². The molecule has 0 nitrogen and oxygen atoms in total. The molecule has 2 unspecified atom stereocenters. The zero-order valence-corrected chi connectivity index (χ0v) is 9.64. The number of rotatable bonds is 3. The third-order valence-corrected chi connectivity index (χ3v) is 4.87. The van der Waals surface area contributed by atoms with E-state index in [9.17, 15) is 0 Å². The van der Waals surface area contributed by atoms with Crippen LogP contribution >= 0.6 is 0 Å². The van der Waals surface area contributed by atoms with Crippen molar-refractivity contribution in [3.05, 3.63) is 0 Å². The first-order chi connectivity index (χ1) is 6.08. The van der Waals surface area contributed by atoms with Crippen molar-refractivity contribution in [2.75, 3.05) is 0 Å². The fourth-order valence-corrected chi connectivity index (χ4v) is 3.57. The zero-order valence-electron chi connectivity index (χ0n) is 9.64. The maximum atomic E-state index is 2.44. The summed E-state index contributed by atoms with van der Waals surface area (Å²) in [6.07, 6.45) is 6.09. The highest BCUT2D eigenvalue weighted by atomic mass is 14.6. The van der Waals surface area contributed by atoms with E-state index in [1.54, 1.807) is 0 Å². The lowest BCUT2D eigenvalue weighted by Crippen LogP contribution is -2.37. The van der Waals surface area contributed by atoms with E-state index in [0.29, 0.717) is 0 Å². The maximum Gasteiger partial charge on any atom is -0.0243 e. The summed E-state index contributed by atoms with van der Waals surface area (Å²) in [4.78, 5) is 0. The fraction of sp³-hybridized carbons (Fsp3) is 1.00. The average Bonchev–Trinajstić information content (AvgIpc) is 2.63. The van der Waals surface area contributed by atoms with Gasteiger partial charge < -0.3 is 0 Å². The van der Waals surface area contributed by atoms with Crippen molar-refractivity contribution in [2.45, 2.75) is 53.4 Å². The first-order valence-corrected chi connectivity index (χ1v) is 6.08. The Morgan fingerprint density at radius 2 is 1.69 bits per heavy atom. The summed E-state index contributed by atoms with van der Waals surface area (Å²) < 4.78 is 0. The number of hydrogen-bond acceptors (Lipinski definition) is 0. The van der Waals surface area contributed by atoms with Gasteiger partial charge in [-0.25, -0.2) is 0 Å². The monoisotopic (exact) mass is 180 g/mol. The summed E-state index contributed by atoms with van der Waals surface area (Å²) in [7, 11) is 0. The first-order valence-electron chi connectivity index (χ1n) is 6.08. The van der Waals surface area contributed by atoms with Crippen molar-refractivity contribution in [3.8, 4) is 0 Å². The van der Waals surface area contributed by atoms with Crippen LogP contribution in [0.15, 0.2) is 0 Å². The lowest BCUT2D eigenvalue weighted by Gasteiger charge is -2.47. The highest BCUT2D eigenvalue weighted by Gasteiger charge is 2.56. The van der Waals surface area contributed by atoms with E-state index in [0.717, 1.165) is 29.1 Å². The van der Waals surface area contributed by atoms with Crippen LogP contribution in [-0.2, 0) is 0 Å². The molecule has 2 atom stereocenters. The van der Waals surface area contributed by atoms with E-state index >= 15 is 0 Å². The van der Waals surface area contributed by atoms with Gasteiger partial charge in [-0.15, -0.1) is 0 Å². The van der Waals surface area contributed by atoms with E-state index in [2.05, 4.69) is 27.7 Å². The van der Waals surface area contributed by atoms with Gasteiger partial charge in [0.2, 0.25) is 0 Å². The second-order valence-corrected chi connectivity index (χ2v) is 5.99. The zero-order chi connectivity index (χ0) is 9.64.